The molecule has 2 aromatic heterocycles. The lowest BCUT2D eigenvalue weighted by Crippen LogP contribution is -2.36. The second kappa shape index (κ2) is 10.3. The zero-order valence-electron chi connectivity index (χ0n) is 21.4. The number of ether oxygens (including phenoxy) is 2. The Balaban J connectivity index is 1.61. The molecule has 1 aliphatic heterocycles. The van der Waals surface area contributed by atoms with E-state index < -0.39 is 5.92 Å². The number of alkyl halides is 2. The fraction of sp³-hybridized carbons (Fsp3) is 0.286. The SMILES string of the molecule is CNC(=O)c1ccccc1Nc1c(C(C)(F)F)cnc2[nH]c(-c3ccc(N4CCOCC4)cc3OC)cc12. The first kappa shape index (κ1) is 25.5. The van der Waals surface area contributed by atoms with E-state index >= 15 is 0 Å². The van der Waals surface area contributed by atoms with E-state index in [1.165, 1.54) is 7.05 Å². The molecule has 198 valence electrons. The Morgan fingerprint density at radius 3 is 2.63 bits per heavy atom. The number of nitrogens with zero attached hydrogens (tertiary/aromatic N) is 2. The van der Waals surface area contributed by atoms with Crippen LogP contribution in [0.1, 0.15) is 22.8 Å². The molecule has 0 unspecified atom stereocenters. The smallest absolute Gasteiger partial charge is 0.274 e. The lowest BCUT2D eigenvalue weighted by molar-refractivity contribution is 0.0180. The normalized spacial score (nSPS) is 14.0. The molecule has 5 rings (SSSR count). The topological polar surface area (TPSA) is 91.5 Å². The number of para-hydroxylation sites is 1. The maximum Gasteiger partial charge on any atom is 0.274 e. The first-order valence-electron chi connectivity index (χ1n) is 12.3. The molecule has 0 saturated carbocycles. The Morgan fingerprint density at radius 1 is 1.16 bits per heavy atom. The van der Waals surface area contributed by atoms with Gasteiger partial charge in [-0.25, -0.2) is 13.8 Å². The number of carbonyl (C=O) groups is 1. The van der Waals surface area contributed by atoms with Crippen molar-refractivity contribution in [3.8, 4) is 17.0 Å². The van der Waals surface area contributed by atoms with Gasteiger partial charge in [-0.2, -0.15) is 0 Å². The van der Waals surface area contributed by atoms with Crippen molar-refractivity contribution in [1.82, 2.24) is 15.3 Å². The Labute approximate surface area is 219 Å². The van der Waals surface area contributed by atoms with E-state index in [1.807, 2.05) is 18.2 Å². The number of hydrogen-bond acceptors (Lipinski definition) is 6. The molecule has 0 spiro atoms. The van der Waals surface area contributed by atoms with Crippen molar-refractivity contribution in [3.05, 3.63) is 65.9 Å². The van der Waals surface area contributed by atoms with E-state index in [4.69, 9.17) is 9.47 Å². The maximum atomic E-state index is 14.7. The molecular formula is C28H29F2N5O3. The van der Waals surface area contributed by atoms with Crippen LogP contribution in [0, 0.1) is 0 Å². The third-order valence-electron chi connectivity index (χ3n) is 6.64. The number of anilines is 3. The van der Waals surface area contributed by atoms with Crippen LogP contribution >= 0.6 is 0 Å². The molecule has 1 saturated heterocycles. The van der Waals surface area contributed by atoms with Gasteiger partial charge in [-0.05, 0) is 30.3 Å². The highest BCUT2D eigenvalue weighted by molar-refractivity contribution is 6.03. The van der Waals surface area contributed by atoms with Crippen molar-refractivity contribution >= 4 is 34.0 Å². The highest BCUT2D eigenvalue weighted by Gasteiger charge is 2.31. The number of H-pyrrole nitrogens is 1. The number of aromatic nitrogens is 2. The zero-order chi connectivity index (χ0) is 26.9. The van der Waals surface area contributed by atoms with Gasteiger partial charge in [0.1, 0.15) is 11.4 Å². The van der Waals surface area contributed by atoms with Crippen LogP contribution < -0.4 is 20.3 Å². The first-order chi connectivity index (χ1) is 18.3. The van der Waals surface area contributed by atoms with Crippen LogP contribution in [0.25, 0.3) is 22.3 Å². The fourth-order valence-electron chi connectivity index (χ4n) is 4.67. The number of morpholine rings is 1. The van der Waals surface area contributed by atoms with Crippen molar-refractivity contribution in [2.24, 2.45) is 0 Å². The molecule has 3 heterocycles. The third kappa shape index (κ3) is 4.87. The minimum absolute atomic E-state index is 0.172. The number of methoxy groups -OCH3 is 1. The number of pyridine rings is 1. The number of rotatable bonds is 7. The van der Waals surface area contributed by atoms with E-state index in [-0.39, 0.29) is 17.2 Å². The Bertz CT molecular complexity index is 1480. The molecular weight excluding hydrogens is 492 g/mol. The minimum atomic E-state index is -3.18. The highest BCUT2D eigenvalue weighted by Crippen LogP contribution is 2.41. The van der Waals surface area contributed by atoms with Crippen LogP contribution in [0.4, 0.5) is 25.8 Å². The van der Waals surface area contributed by atoms with Crippen LogP contribution in [0.3, 0.4) is 0 Å². The van der Waals surface area contributed by atoms with Crippen molar-refractivity contribution in [2.45, 2.75) is 12.8 Å². The summed E-state index contributed by atoms with van der Waals surface area (Å²) in [5.74, 6) is -2.87. The first-order valence-corrected chi connectivity index (χ1v) is 12.3. The molecule has 1 fully saturated rings. The molecule has 10 heteroatoms. The number of halogens is 2. The molecule has 0 atom stereocenters. The number of carbonyl (C=O) groups excluding carboxylic acids is 1. The fourth-order valence-corrected chi connectivity index (χ4v) is 4.67. The van der Waals surface area contributed by atoms with Crippen molar-refractivity contribution < 1.29 is 23.0 Å². The summed E-state index contributed by atoms with van der Waals surface area (Å²) in [6.07, 6.45) is 1.16. The van der Waals surface area contributed by atoms with E-state index in [9.17, 15) is 13.6 Å². The second-order valence-corrected chi connectivity index (χ2v) is 9.11. The quantitative estimate of drug-likeness (QED) is 0.306. The molecule has 4 aromatic rings. The molecule has 2 aromatic carbocycles. The Hall–Kier alpha value is -4.18. The number of aromatic amines is 1. The van der Waals surface area contributed by atoms with E-state index in [0.29, 0.717) is 46.9 Å². The summed E-state index contributed by atoms with van der Waals surface area (Å²) in [7, 11) is 3.12. The highest BCUT2D eigenvalue weighted by atomic mass is 19.3. The summed E-state index contributed by atoms with van der Waals surface area (Å²) in [4.78, 5) is 22.2. The van der Waals surface area contributed by atoms with Gasteiger partial charge in [0, 0.05) is 56.0 Å². The summed E-state index contributed by atoms with van der Waals surface area (Å²) in [6.45, 7) is 3.74. The van der Waals surface area contributed by atoms with Gasteiger partial charge in [0.05, 0.1) is 48.5 Å². The number of fused-ring (bicyclic) bond motifs is 1. The third-order valence-corrected chi connectivity index (χ3v) is 6.64. The summed E-state index contributed by atoms with van der Waals surface area (Å²) < 4.78 is 40.6. The molecule has 8 nitrogen and oxygen atoms in total. The summed E-state index contributed by atoms with van der Waals surface area (Å²) >= 11 is 0. The number of hydrogen-bond donors (Lipinski definition) is 3. The van der Waals surface area contributed by atoms with Crippen LogP contribution in [0.5, 0.6) is 5.75 Å². The second-order valence-electron chi connectivity index (χ2n) is 9.11. The molecule has 1 amide bonds. The van der Waals surface area contributed by atoms with Crippen LogP contribution in [0.15, 0.2) is 54.7 Å². The van der Waals surface area contributed by atoms with Crippen LogP contribution in [0.2, 0.25) is 0 Å². The van der Waals surface area contributed by atoms with Gasteiger partial charge >= 0.3 is 0 Å². The predicted molar refractivity (Wildman–Crippen MR) is 144 cm³/mol. The molecule has 0 bridgehead atoms. The summed E-state index contributed by atoms with van der Waals surface area (Å²) in [6, 6.07) is 14.4. The molecule has 0 radical (unpaired) electrons. The van der Waals surface area contributed by atoms with Crippen LogP contribution in [-0.2, 0) is 10.7 Å². The van der Waals surface area contributed by atoms with E-state index in [1.54, 1.807) is 37.4 Å². The summed E-state index contributed by atoms with van der Waals surface area (Å²) in [5.41, 5.74) is 3.50. The monoisotopic (exact) mass is 521 g/mol. The van der Waals surface area contributed by atoms with Gasteiger partial charge in [0.2, 0.25) is 0 Å². The number of benzene rings is 2. The molecule has 1 aliphatic rings. The number of amides is 1. The average molecular weight is 522 g/mol. The average Bonchev–Trinajstić information content (AvgIpc) is 3.37. The van der Waals surface area contributed by atoms with Gasteiger partial charge in [0.25, 0.3) is 11.8 Å². The van der Waals surface area contributed by atoms with Crippen molar-refractivity contribution in [1.29, 1.82) is 0 Å². The predicted octanol–water partition coefficient (Wildman–Crippen LogP) is 5.29. The molecule has 0 aliphatic carbocycles. The lowest BCUT2D eigenvalue weighted by atomic mass is 10.0. The zero-order valence-corrected chi connectivity index (χ0v) is 21.4. The van der Waals surface area contributed by atoms with Gasteiger partial charge in [0.15, 0.2) is 0 Å². The van der Waals surface area contributed by atoms with E-state index in [2.05, 4.69) is 25.5 Å². The molecule has 38 heavy (non-hydrogen) atoms. The van der Waals surface area contributed by atoms with Gasteiger partial charge in [-0.3, -0.25) is 4.79 Å². The maximum absolute atomic E-state index is 14.7. The van der Waals surface area contributed by atoms with Gasteiger partial charge in [-0.15, -0.1) is 0 Å². The van der Waals surface area contributed by atoms with E-state index in [0.717, 1.165) is 37.5 Å². The Kier molecular flexibility index (Phi) is 6.90. The number of nitrogens with one attached hydrogen (secondary N) is 3. The standard InChI is InChI=1S/C28H29F2N5O3/c1-28(29,30)21-16-32-26-20(25(21)33-22-7-5-4-6-19(22)27(36)31-2)15-23(34-26)18-9-8-17(14-24(18)37-3)35-10-12-38-13-11-35/h4-9,14-16H,10-13H2,1-3H3,(H,31,36)(H2,32,33,34). The van der Waals surface area contributed by atoms with Gasteiger partial charge < -0.3 is 30.0 Å². The van der Waals surface area contributed by atoms with Crippen molar-refractivity contribution in [2.75, 3.05) is 50.7 Å². The van der Waals surface area contributed by atoms with Crippen molar-refractivity contribution in [3.63, 3.8) is 0 Å². The van der Waals surface area contributed by atoms with Gasteiger partial charge in [-0.1, -0.05) is 12.1 Å². The largest absolute Gasteiger partial charge is 0.496 e. The van der Waals surface area contributed by atoms with Crippen LogP contribution in [-0.4, -0.2) is 56.3 Å². The summed E-state index contributed by atoms with van der Waals surface area (Å²) in [5, 5.41) is 6.15. The molecule has 3 N–H and O–H groups in total. The lowest BCUT2D eigenvalue weighted by Gasteiger charge is -2.29. The Morgan fingerprint density at radius 2 is 1.92 bits per heavy atom. The minimum Gasteiger partial charge on any atom is -0.496 e.